The second-order valence-electron chi connectivity index (χ2n) is 2.49. The predicted octanol–water partition coefficient (Wildman–Crippen LogP) is 1.11. The zero-order valence-electron chi connectivity index (χ0n) is 6.62. The summed E-state index contributed by atoms with van der Waals surface area (Å²) in [5, 5.41) is 17.8. The number of nitrogen functional groups attached to an aromatic ring is 1. The second-order valence-corrected chi connectivity index (χ2v) is 2.93. The van der Waals surface area contributed by atoms with Gasteiger partial charge in [0.05, 0.1) is 17.9 Å². The molecule has 1 aromatic rings. The quantitative estimate of drug-likeness (QED) is 0.626. The van der Waals surface area contributed by atoms with Crippen LogP contribution in [-0.4, -0.2) is 16.2 Å². The zero-order valence-corrected chi connectivity index (χ0v) is 7.38. The number of aliphatic hydroxyl groups is 1. The number of carboxylic acid groups (broad SMARTS) is 1. The van der Waals surface area contributed by atoms with Crippen molar-refractivity contribution in [2.75, 3.05) is 5.73 Å². The highest BCUT2D eigenvalue weighted by atomic mass is 35.5. The molecule has 4 N–H and O–H groups in total. The lowest BCUT2D eigenvalue weighted by Crippen LogP contribution is -2.05. The van der Waals surface area contributed by atoms with Crippen molar-refractivity contribution in [1.82, 2.24) is 0 Å². The van der Waals surface area contributed by atoms with Crippen molar-refractivity contribution in [3.05, 3.63) is 28.3 Å². The van der Waals surface area contributed by atoms with Crippen molar-refractivity contribution in [2.24, 2.45) is 0 Å². The molecule has 1 aromatic carbocycles. The highest BCUT2D eigenvalue weighted by Crippen LogP contribution is 2.23. The Morgan fingerprint density at radius 1 is 1.54 bits per heavy atom. The molecular weight excluding hydrogens is 194 g/mol. The molecule has 4 nitrogen and oxygen atoms in total. The van der Waals surface area contributed by atoms with Gasteiger partial charge in [0.2, 0.25) is 0 Å². The molecule has 0 bridgehead atoms. The molecule has 0 unspecified atom stereocenters. The lowest BCUT2D eigenvalue weighted by molar-refractivity contribution is 0.0698. The third-order valence-corrected chi connectivity index (χ3v) is 1.85. The summed E-state index contributed by atoms with van der Waals surface area (Å²) in [7, 11) is 0. The van der Waals surface area contributed by atoms with Crippen LogP contribution in [0, 0.1) is 0 Å². The molecule has 0 saturated heterocycles. The van der Waals surface area contributed by atoms with Gasteiger partial charge in [-0.2, -0.15) is 0 Å². The van der Waals surface area contributed by atoms with Gasteiger partial charge in [-0.1, -0.05) is 11.6 Å². The summed E-state index contributed by atoms with van der Waals surface area (Å²) in [6.07, 6.45) is 0. The minimum atomic E-state index is -1.16. The highest BCUT2D eigenvalue weighted by molar-refractivity contribution is 6.31. The summed E-state index contributed by atoms with van der Waals surface area (Å²) in [4.78, 5) is 10.6. The van der Waals surface area contributed by atoms with Crippen molar-refractivity contribution >= 4 is 23.3 Å². The van der Waals surface area contributed by atoms with Gasteiger partial charge in [-0.05, 0) is 12.1 Å². The summed E-state index contributed by atoms with van der Waals surface area (Å²) in [6.45, 7) is -0.327. The molecule has 0 heterocycles. The number of hydrogen-bond donors (Lipinski definition) is 3. The third kappa shape index (κ3) is 1.91. The molecule has 0 aromatic heterocycles. The molecule has 70 valence electrons. The number of nitrogens with two attached hydrogens (primary N) is 1. The Hall–Kier alpha value is -1.26. The summed E-state index contributed by atoms with van der Waals surface area (Å²) in [5.74, 6) is -1.16. The van der Waals surface area contributed by atoms with E-state index in [4.69, 9.17) is 27.5 Å². The first-order valence-electron chi connectivity index (χ1n) is 3.48. The molecule has 0 saturated carbocycles. The minimum Gasteiger partial charge on any atom is -0.478 e. The van der Waals surface area contributed by atoms with Crippen LogP contribution >= 0.6 is 11.6 Å². The number of hydrogen-bond acceptors (Lipinski definition) is 3. The normalized spacial score (nSPS) is 10.0. The number of anilines is 1. The highest BCUT2D eigenvalue weighted by Gasteiger charge is 2.12. The first kappa shape index (κ1) is 9.83. The van der Waals surface area contributed by atoms with Crippen LogP contribution in [0.15, 0.2) is 12.1 Å². The van der Waals surface area contributed by atoms with Crippen LogP contribution in [0.5, 0.6) is 0 Å². The van der Waals surface area contributed by atoms with Gasteiger partial charge in [0.1, 0.15) is 0 Å². The SMILES string of the molecule is Nc1c(CO)cc(Cl)cc1C(=O)O. The van der Waals surface area contributed by atoms with E-state index >= 15 is 0 Å². The Morgan fingerprint density at radius 2 is 2.15 bits per heavy atom. The van der Waals surface area contributed by atoms with E-state index in [0.29, 0.717) is 5.56 Å². The van der Waals surface area contributed by atoms with Gasteiger partial charge in [0, 0.05) is 10.6 Å². The van der Waals surface area contributed by atoms with Crippen LogP contribution in [0.25, 0.3) is 0 Å². The van der Waals surface area contributed by atoms with Gasteiger partial charge >= 0.3 is 5.97 Å². The Morgan fingerprint density at radius 3 is 2.62 bits per heavy atom. The monoisotopic (exact) mass is 201 g/mol. The molecule has 0 aliphatic heterocycles. The van der Waals surface area contributed by atoms with Crippen LogP contribution in [0.4, 0.5) is 5.69 Å². The first-order chi connectivity index (χ1) is 6.06. The molecule has 0 fully saturated rings. The van der Waals surface area contributed by atoms with E-state index < -0.39 is 5.97 Å². The average Bonchev–Trinajstić information content (AvgIpc) is 2.08. The van der Waals surface area contributed by atoms with Gasteiger partial charge < -0.3 is 15.9 Å². The molecular formula is C8H8ClNO3. The largest absolute Gasteiger partial charge is 0.478 e. The topological polar surface area (TPSA) is 83.5 Å². The van der Waals surface area contributed by atoms with Crippen LogP contribution in [0.2, 0.25) is 5.02 Å². The van der Waals surface area contributed by atoms with Crippen molar-refractivity contribution in [2.45, 2.75) is 6.61 Å². The Balaban J connectivity index is 3.35. The summed E-state index contributed by atoms with van der Waals surface area (Å²) >= 11 is 5.61. The molecule has 13 heavy (non-hydrogen) atoms. The van der Waals surface area contributed by atoms with E-state index in [1.165, 1.54) is 12.1 Å². The standard InChI is InChI=1S/C8H8ClNO3/c9-5-1-4(3-11)7(10)6(2-5)8(12)13/h1-2,11H,3,10H2,(H,12,13). The van der Waals surface area contributed by atoms with Crippen LogP contribution in [0.3, 0.4) is 0 Å². The number of halogens is 1. The first-order valence-corrected chi connectivity index (χ1v) is 3.86. The van der Waals surface area contributed by atoms with E-state index in [0.717, 1.165) is 0 Å². The lowest BCUT2D eigenvalue weighted by atomic mass is 10.1. The Bertz CT molecular complexity index is 351. The lowest BCUT2D eigenvalue weighted by Gasteiger charge is -2.06. The molecule has 0 radical (unpaired) electrons. The van der Waals surface area contributed by atoms with Crippen LogP contribution < -0.4 is 5.73 Å². The van der Waals surface area contributed by atoms with Gasteiger partial charge in [-0.15, -0.1) is 0 Å². The van der Waals surface area contributed by atoms with E-state index in [2.05, 4.69) is 0 Å². The predicted molar refractivity (Wildman–Crippen MR) is 48.7 cm³/mol. The second kappa shape index (κ2) is 3.64. The molecule has 0 atom stereocenters. The molecule has 1 rings (SSSR count). The number of carboxylic acids is 1. The molecule has 0 aliphatic carbocycles. The van der Waals surface area contributed by atoms with Crippen LogP contribution in [0.1, 0.15) is 15.9 Å². The average molecular weight is 202 g/mol. The maximum absolute atomic E-state index is 10.6. The molecule has 0 aliphatic rings. The Labute approximate surface area is 79.6 Å². The Kier molecular flexibility index (Phi) is 2.75. The van der Waals surface area contributed by atoms with Gasteiger partial charge in [0.15, 0.2) is 0 Å². The van der Waals surface area contributed by atoms with E-state index in [-0.39, 0.29) is 22.9 Å². The molecule has 5 heteroatoms. The maximum Gasteiger partial charge on any atom is 0.337 e. The molecule has 0 spiro atoms. The summed E-state index contributed by atoms with van der Waals surface area (Å²) in [5.41, 5.74) is 5.76. The van der Waals surface area contributed by atoms with E-state index in [9.17, 15) is 4.79 Å². The van der Waals surface area contributed by atoms with E-state index in [1.807, 2.05) is 0 Å². The number of rotatable bonds is 2. The van der Waals surface area contributed by atoms with Gasteiger partial charge in [0.25, 0.3) is 0 Å². The van der Waals surface area contributed by atoms with Crippen molar-refractivity contribution in [1.29, 1.82) is 0 Å². The number of benzene rings is 1. The van der Waals surface area contributed by atoms with Gasteiger partial charge in [-0.25, -0.2) is 4.79 Å². The zero-order chi connectivity index (χ0) is 10.0. The fraction of sp³-hybridized carbons (Fsp3) is 0.125. The number of aromatic carboxylic acids is 1. The minimum absolute atomic E-state index is 0.0550. The number of aliphatic hydroxyl groups excluding tert-OH is 1. The maximum atomic E-state index is 10.6. The third-order valence-electron chi connectivity index (χ3n) is 1.63. The van der Waals surface area contributed by atoms with Crippen LogP contribution in [-0.2, 0) is 6.61 Å². The van der Waals surface area contributed by atoms with Crippen molar-refractivity contribution in [3.63, 3.8) is 0 Å². The fourth-order valence-corrected chi connectivity index (χ4v) is 1.22. The number of carbonyl (C=O) groups is 1. The van der Waals surface area contributed by atoms with E-state index in [1.54, 1.807) is 0 Å². The van der Waals surface area contributed by atoms with Gasteiger partial charge in [-0.3, -0.25) is 0 Å². The summed E-state index contributed by atoms with van der Waals surface area (Å²) < 4.78 is 0. The smallest absolute Gasteiger partial charge is 0.337 e. The summed E-state index contributed by atoms with van der Waals surface area (Å²) in [6, 6.07) is 2.68. The molecule has 0 amide bonds. The van der Waals surface area contributed by atoms with Crippen molar-refractivity contribution < 1.29 is 15.0 Å². The fourth-order valence-electron chi connectivity index (χ4n) is 0.982. The van der Waals surface area contributed by atoms with Crippen molar-refractivity contribution in [3.8, 4) is 0 Å².